The first-order valence-electron chi connectivity index (χ1n) is 13.0. The first-order chi connectivity index (χ1) is 17.6. The van der Waals surface area contributed by atoms with Crippen molar-refractivity contribution < 1.29 is 9.53 Å². The number of pyridine rings is 1. The molecule has 1 N–H and O–H groups in total. The normalized spacial score (nSPS) is 15.1. The predicted molar refractivity (Wildman–Crippen MR) is 143 cm³/mol. The van der Waals surface area contributed by atoms with Crippen molar-refractivity contribution in [3.8, 4) is 11.3 Å². The summed E-state index contributed by atoms with van der Waals surface area (Å²) in [5.41, 5.74) is 6.11. The molecule has 0 saturated carbocycles. The van der Waals surface area contributed by atoms with Crippen LogP contribution in [0.4, 0.5) is 22.2 Å². The Morgan fingerprint density at radius 3 is 2.49 bits per heavy atom. The molecule has 0 unspecified atom stereocenters. The van der Waals surface area contributed by atoms with Crippen LogP contribution in [0.15, 0.2) is 24.5 Å². The Kier molecular flexibility index (Phi) is 6.51. The molecule has 1 fully saturated rings. The van der Waals surface area contributed by atoms with Gasteiger partial charge in [0.1, 0.15) is 11.4 Å². The molecule has 37 heavy (non-hydrogen) atoms. The maximum Gasteiger partial charge on any atom is 0.410 e. The van der Waals surface area contributed by atoms with Crippen molar-refractivity contribution in [1.29, 1.82) is 0 Å². The average molecular weight is 505 g/mol. The van der Waals surface area contributed by atoms with Gasteiger partial charge in [-0.3, -0.25) is 4.68 Å². The van der Waals surface area contributed by atoms with Gasteiger partial charge < -0.3 is 19.9 Å². The molecule has 1 aliphatic heterocycles. The largest absolute Gasteiger partial charge is 0.444 e. The lowest BCUT2D eigenvalue weighted by molar-refractivity contribution is 0.0240. The molecule has 196 valence electrons. The lowest BCUT2D eigenvalue weighted by Crippen LogP contribution is -2.50. The fourth-order valence-electron chi connectivity index (χ4n) is 4.85. The van der Waals surface area contributed by atoms with Gasteiger partial charge in [-0.25, -0.2) is 19.7 Å². The van der Waals surface area contributed by atoms with Crippen LogP contribution in [0.2, 0.25) is 0 Å². The maximum atomic E-state index is 12.3. The molecular formula is C27H36N8O2. The van der Waals surface area contributed by atoms with Gasteiger partial charge in [0.05, 0.1) is 29.0 Å². The van der Waals surface area contributed by atoms with Crippen LogP contribution >= 0.6 is 0 Å². The third-order valence-corrected chi connectivity index (χ3v) is 6.67. The fraction of sp³-hybridized carbons (Fsp3) is 0.519. The topological polar surface area (TPSA) is 101 Å². The van der Waals surface area contributed by atoms with E-state index in [2.05, 4.69) is 45.6 Å². The van der Waals surface area contributed by atoms with Crippen molar-refractivity contribution in [2.24, 2.45) is 0 Å². The third kappa shape index (κ3) is 5.10. The lowest BCUT2D eigenvalue weighted by atomic mass is 10.0. The van der Waals surface area contributed by atoms with Crippen molar-refractivity contribution in [1.82, 2.24) is 29.6 Å². The van der Waals surface area contributed by atoms with Crippen LogP contribution in [0.5, 0.6) is 0 Å². The zero-order valence-corrected chi connectivity index (χ0v) is 22.6. The summed E-state index contributed by atoms with van der Waals surface area (Å²) in [7, 11) is 0. The summed E-state index contributed by atoms with van der Waals surface area (Å²) < 4.78 is 7.58. The molecule has 0 bridgehead atoms. The van der Waals surface area contributed by atoms with Crippen molar-refractivity contribution in [2.45, 2.75) is 66.0 Å². The molecule has 5 rings (SSSR count). The molecule has 3 aromatic rings. The number of hydrogen-bond acceptors (Lipinski definition) is 8. The van der Waals surface area contributed by atoms with Gasteiger partial charge >= 0.3 is 6.09 Å². The van der Waals surface area contributed by atoms with Gasteiger partial charge in [-0.1, -0.05) is 13.8 Å². The van der Waals surface area contributed by atoms with E-state index in [1.807, 2.05) is 45.3 Å². The molecule has 1 aliphatic carbocycles. The highest BCUT2D eigenvalue weighted by molar-refractivity contribution is 5.76. The number of ether oxygens (including phenoxy) is 1. The van der Waals surface area contributed by atoms with Crippen molar-refractivity contribution in [3.05, 3.63) is 41.5 Å². The highest BCUT2D eigenvalue weighted by Gasteiger charge is 2.30. The molecule has 0 spiro atoms. The summed E-state index contributed by atoms with van der Waals surface area (Å²) in [6.07, 6.45) is 4.31. The van der Waals surface area contributed by atoms with E-state index < -0.39 is 5.60 Å². The van der Waals surface area contributed by atoms with Gasteiger partial charge in [-0.05, 0) is 45.7 Å². The number of aromatic nitrogens is 5. The Morgan fingerprint density at radius 2 is 1.86 bits per heavy atom. The maximum absolute atomic E-state index is 12.3. The summed E-state index contributed by atoms with van der Waals surface area (Å²) in [6.45, 7) is 15.7. The Hall–Kier alpha value is -3.69. The van der Waals surface area contributed by atoms with Crippen molar-refractivity contribution >= 4 is 23.5 Å². The zero-order chi connectivity index (χ0) is 26.3. The molecule has 2 aliphatic rings. The second-order valence-electron chi connectivity index (χ2n) is 10.9. The van der Waals surface area contributed by atoms with E-state index in [9.17, 15) is 4.79 Å². The van der Waals surface area contributed by atoms with Crippen molar-refractivity contribution in [3.63, 3.8) is 0 Å². The van der Waals surface area contributed by atoms with Gasteiger partial charge in [-0.2, -0.15) is 5.10 Å². The number of amides is 1. The number of rotatable bonds is 5. The molecule has 4 heterocycles. The van der Waals surface area contributed by atoms with Crippen LogP contribution in [0.25, 0.3) is 11.3 Å². The Labute approximate surface area is 218 Å². The highest BCUT2D eigenvalue weighted by Crippen LogP contribution is 2.40. The summed E-state index contributed by atoms with van der Waals surface area (Å²) in [6, 6.07) is 3.97. The molecular weight excluding hydrogens is 468 g/mol. The second-order valence-corrected chi connectivity index (χ2v) is 10.9. The van der Waals surface area contributed by atoms with E-state index >= 15 is 0 Å². The standard InChI is InChI=1S/C27H36N8O2/c1-7-35-20-14-18-15-29-25(31-24(18)22(20)23(32-35)17(2)3)30-21-9-8-19(16-28-21)33-10-12-34(13-11-33)26(36)37-27(4,5)6/h8-9,15-17H,7,10-14H2,1-6H3,(H,28,29,30,31). The van der Waals surface area contributed by atoms with E-state index in [1.54, 1.807) is 4.90 Å². The first-order valence-corrected chi connectivity index (χ1v) is 13.0. The summed E-state index contributed by atoms with van der Waals surface area (Å²) in [5, 5.41) is 8.10. The number of anilines is 3. The number of carbonyl (C=O) groups excluding carboxylic acids is 1. The van der Waals surface area contributed by atoms with E-state index in [0.717, 1.165) is 54.3 Å². The lowest BCUT2D eigenvalue weighted by Gasteiger charge is -2.36. The zero-order valence-electron chi connectivity index (χ0n) is 22.6. The summed E-state index contributed by atoms with van der Waals surface area (Å²) in [5.74, 6) is 1.53. The van der Waals surface area contributed by atoms with Crippen LogP contribution < -0.4 is 10.2 Å². The predicted octanol–water partition coefficient (Wildman–Crippen LogP) is 4.58. The number of hydrogen-bond donors (Lipinski definition) is 1. The van der Waals surface area contributed by atoms with Crippen LogP contribution in [0, 0.1) is 0 Å². The molecule has 1 amide bonds. The molecule has 0 atom stereocenters. The quantitative estimate of drug-likeness (QED) is 0.421. The molecule has 3 aromatic heterocycles. The third-order valence-electron chi connectivity index (χ3n) is 6.67. The van der Waals surface area contributed by atoms with Gasteiger partial charge in [0.2, 0.25) is 5.95 Å². The minimum absolute atomic E-state index is 0.256. The molecule has 1 saturated heterocycles. The van der Waals surface area contributed by atoms with E-state index in [-0.39, 0.29) is 6.09 Å². The fourth-order valence-corrected chi connectivity index (χ4v) is 4.85. The van der Waals surface area contributed by atoms with E-state index in [4.69, 9.17) is 14.8 Å². The Bertz CT molecular complexity index is 1280. The summed E-state index contributed by atoms with van der Waals surface area (Å²) in [4.78, 5) is 30.3. The summed E-state index contributed by atoms with van der Waals surface area (Å²) >= 11 is 0. The number of piperazine rings is 1. The van der Waals surface area contributed by atoms with Gasteiger partial charge in [0.15, 0.2) is 0 Å². The number of aryl methyl sites for hydroxylation is 1. The van der Waals surface area contributed by atoms with E-state index in [1.165, 1.54) is 5.69 Å². The minimum Gasteiger partial charge on any atom is -0.444 e. The number of fused-ring (bicyclic) bond motifs is 3. The van der Waals surface area contributed by atoms with Crippen LogP contribution in [0.1, 0.15) is 64.4 Å². The molecule has 10 heteroatoms. The number of nitrogens with one attached hydrogen (secondary N) is 1. The molecule has 10 nitrogen and oxygen atoms in total. The Morgan fingerprint density at radius 1 is 1.11 bits per heavy atom. The number of nitrogens with zero attached hydrogens (tertiary/aromatic N) is 7. The Balaban J connectivity index is 1.25. The number of carbonyl (C=O) groups is 1. The van der Waals surface area contributed by atoms with Gasteiger partial charge in [0, 0.05) is 56.5 Å². The molecule has 0 radical (unpaired) electrons. The minimum atomic E-state index is -0.486. The van der Waals surface area contributed by atoms with Gasteiger partial charge in [-0.15, -0.1) is 0 Å². The first kappa shape index (κ1) is 25.0. The second kappa shape index (κ2) is 9.64. The molecule has 0 aromatic carbocycles. The average Bonchev–Trinajstić information content (AvgIpc) is 3.41. The SMILES string of the molecule is CCn1nc(C(C)C)c2c1Cc1cnc(Nc3ccc(N4CCN(C(=O)OC(C)(C)C)CC4)cn3)nc1-2. The van der Waals surface area contributed by atoms with Crippen molar-refractivity contribution in [2.75, 3.05) is 36.4 Å². The van der Waals surface area contributed by atoms with Crippen LogP contribution in [0.3, 0.4) is 0 Å². The highest BCUT2D eigenvalue weighted by atomic mass is 16.6. The monoisotopic (exact) mass is 504 g/mol. The van der Waals surface area contributed by atoms with Gasteiger partial charge in [0.25, 0.3) is 0 Å². The van der Waals surface area contributed by atoms with E-state index in [0.29, 0.717) is 30.8 Å². The van der Waals surface area contributed by atoms with Crippen LogP contribution in [-0.4, -0.2) is 67.5 Å². The smallest absolute Gasteiger partial charge is 0.410 e. The van der Waals surface area contributed by atoms with Crippen LogP contribution in [-0.2, 0) is 17.7 Å².